The molecule has 8 nitrogen and oxygen atoms in total. The summed E-state index contributed by atoms with van der Waals surface area (Å²) in [4.78, 5) is 28.3. The number of benzene rings is 3. The Bertz CT molecular complexity index is 2040. The lowest BCUT2D eigenvalue weighted by Crippen LogP contribution is -2.30. The van der Waals surface area contributed by atoms with Gasteiger partial charge in [-0.1, -0.05) is 48.5 Å². The molecule has 226 valence electrons. The van der Waals surface area contributed by atoms with E-state index in [0.717, 1.165) is 46.2 Å². The zero-order valence-corrected chi connectivity index (χ0v) is 27.0. The molecule has 0 spiro atoms. The molecule has 1 N–H and O–H groups in total. The highest BCUT2D eigenvalue weighted by Crippen LogP contribution is 2.33. The lowest BCUT2D eigenvalue weighted by atomic mass is 10.1. The number of thiazole rings is 2. The van der Waals surface area contributed by atoms with E-state index >= 15 is 0 Å². The number of amides is 1. The average Bonchev–Trinajstić information content (AvgIpc) is 3.78. The largest absolute Gasteiger partial charge is 0.372 e. The van der Waals surface area contributed by atoms with Crippen molar-refractivity contribution < 1.29 is 13.2 Å². The van der Waals surface area contributed by atoms with Crippen molar-refractivity contribution in [1.82, 2.24) is 19.7 Å². The van der Waals surface area contributed by atoms with Crippen molar-refractivity contribution in [3.63, 3.8) is 0 Å². The minimum Gasteiger partial charge on any atom is -0.372 e. The van der Waals surface area contributed by atoms with Crippen molar-refractivity contribution >= 4 is 44.3 Å². The fourth-order valence-electron chi connectivity index (χ4n) is 4.83. The molecule has 3 heterocycles. The van der Waals surface area contributed by atoms with Gasteiger partial charge >= 0.3 is 0 Å². The van der Waals surface area contributed by atoms with Gasteiger partial charge in [0.2, 0.25) is 0 Å². The first kappa shape index (κ1) is 30.3. The lowest BCUT2D eigenvalue weighted by molar-refractivity contribution is 0.0981. The second-order valence-electron chi connectivity index (χ2n) is 10.1. The van der Waals surface area contributed by atoms with Crippen molar-refractivity contribution in [3.8, 4) is 43.7 Å². The molecular formula is C34H29N5O3S3. The topological polar surface area (TPSA) is 105 Å². The number of hydrogen-bond donors (Lipinski definition) is 1. The molecule has 6 aromatic rings. The Hall–Kier alpha value is -4.71. The molecule has 0 bridgehead atoms. The van der Waals surface area contributed by atoms with Gasteiger partial charge in [0.05, 0.1) is 16.3 Å². The van der Waals surface area contributed by atoms with Gasteiger partial charge in [0, 0.05) is 69.7 Å². The van der Waals surface area contributed by atoms with Crippen molar-refractivity contribution in [2.24, 2.45) is 0 Å². The molecule has 0 unspecified atom stereocenters. The van der Waals surface area contributed by atoms with Crippen molar-refractivity contribution in [3.05, 3.63) is 114 Å². The number of carbonyl (C=O) groups excluding carboxylic acids is 1. The third kappa shape index (κ3) is 6.70. The Morgan fingerprint density at radius 2 is 1.29 bits per heavy atom. The van der Waals surface area contributed by atoms with Crippen LogP contribution in [-0.2, 0) is 10.0 Å². The number of hydrogen-bond acceptors (Lipinski definition) is 9. The Balaban J connectivity index is 1.16. The average molecular weight is 652 g/mol. The van der Waals surface area contributed by atoms with Crippen LogP contribution in [0.1, 0.15) is 24.2 Å². The fourth-order valence-corrected chi connectivity index (χ4v) is 7.51. The van der Waals surface area contributed by atoms with Crippen molar-refractivity contribution in [2.75, 3.05) is 18.0 Å². The maximum absolute atomic E-state index is 12.9. The summed E-state index contributed by atoms with van der Waals surface area (Å²) in [5.74, 6) is -0.721. The second-order valence-corrected chi connectivity index (χ2v) is 13.5. The van der Waals surface area contributed by atoms with Gasteiger partial charge in [-0.25, -0.2) is 23.1 Å². The predicted octanol–water partition coefficient (Wildman–Crippen LogP) is 7.63. The van der Waals surface area contributed by atoms with E-state index in [4.69, 9.17) is 9.97 Å². The minimum atomic E-state index is -4.09. The number of pyridine rings is 1. The molecule has 0 aliphatic carbocycles. The number of nitrogens with one attached hydrogen (secondary N) is 1. The molecule has 0 saturated heterocycles. The van der Waals surface area contributed by atoms with Gasteiger partial charge in [-0.3, -0.25) is 9.78 Å². The monoisotopic (exact) mass is 651 g/mol. The molecule has 3 aromatic carbocycles. The van der Waals surface area contributed by atoms with Crippen LogP contribution in [0.25, 0.3) is 43.7 Å². The number of anilines is 1. The zero-order valence-electron chi connectivity index (χ0n) is 24.5. The molecule has 0 saturated carbocycles. The predicted molar refractivity (Wildman–Crippen MR) is 182 cm³/mol. The van der Waals surface area contributed by atoms with E-state index in [1.807, 2.05) is 29.6 Å². The summed E-state index contributed by atoms with van der Waals surface area (Å²) in [6.45, 7) is 6.27. The van der Waals surface area contributed by atoms with E-state index in [9.17, 15) is 13.2 Å². The minimum absolute atomic E-state index is 0.0221. The lowest BCUT2D eigenvalue weighted by Gasteiger charge is -2.20. The van der Waals surface area contributed by atoms with Crippen LogP contribution in [0.4, 0.5) is 5.69 Å². The summed E-state index contributed by atoms with van der Waals surface area (Å²) in [6, 6.07) is 26.0. The SMILES string of the molecule is CCN(CC)c1ccc(-c2csc(-c3ccc(-c4csc(-c5cccc(S(=O)(=O)NC(=O)c6ccncc6)c5)n4)cc3)n2)cc1. The van der Waals surface area contributed by atoms with Gasteiger partial charge in [0.15, 0.2) is 0 Å². The van der Waals surface area contributed by atoms with Crippen LogP contribution in [0.2, 0.25) is 0 Å². The van der Waals surface area contributed by atoms with Gasteiger partial charge in [-0.05, 0) is 50.2 Å². The third-order valence-corrected chi connectivity index (χ3v) is 10.4. The molecule has 3 aromatic heterocycles. The smallest absolute Gasteiger partial charge is 0.265 e. The van der Waals surface area contributed by atoms with E-state index in [-0.39, 0.29) is 10.5 Å². The van der Waals surface area contributed by atoms with Crippen molar-refractivity contribution in [1.29, 1.82) is 0 Å². The Morgan fingerprint density at radius 3 is 1.89 bits per heavy atom. The van der Waals surface area contributed by atoms with Crippen LogP contribution in [0, 0.1) is 0 Å². The number of carbonyl (C=O) groups is 1. The van der Waals surface area contributed by atoms with Gasteiger partial charge < -0.3 is 4.90 Å². The molecule has 0 fully saturated rings. The van der Waals surface area contributed by atoms with Crippen LogP contribution in [0.5, 0.6) is 0 Å². The summed E-state index contributed by atoms with van der Waals surface area (Å²) in [5.41, 5.74) is 6.86. The highest BCUT2D eigenvalue weighted by molar-refractivity contribution is 7.90. The molecule has 11 heteroatoms. The van der Waals surface area contributed by atoms with E-state index in [2.05, 4.69) is 58.1 Å². The van der Waals surface area contributed by atoms with E-state index in [1.165, 1.54) is 53.7 Å². The number of aromatic nitrogens is 3. The molecule has 6 rings (SSSR count). The van der Waals surface area contributed by atoms with Crippen LogP contribution < -0.4 is 9.62 Å². The molecule has 0 radical (unpaired) electrons. The van der Waals surface area contributed by atoms with Crippen LogP contribution in [-0.4, -0.2) is 42.4 Å². The number of nitrogens with zero attached hydrogens (tertiary/aromatic N) is 4. The van der Waals surface area contributed by atoms with E-state index in [1.54, 1.807) is 23.5 Å². The maximum Gasteiger partial charge on any atom is 0.265 e. The summed E-state index contributed by atoms with van der Waals surface area (Å²) < 4.78 is 28.0. The molecule has 45 heavy (non-hydrogen) atoms. The zero-order chi connectivity index (χ0) is 31.4. The summed E-state index contributed by atoms with van der Waals surface area (Å²) in [5, 5.41) is 5.64. The highest BCUT2D eigenvalue weighted by Gasteiger charge is 2.20. The summed E-state index contributed by atoms with van der Waals surface area (Å²) in [7, 11) is -4.09. The van der Waals surface area contributed by atoms with Crippen LogP contribution in [0.3, 0.4) is 0 Å². The maximum atomic E-state index is 12.9. The Labute approximate surface area is 270 Å². The molecule has 0 aliphatic rings. The van der Waals surface area contributed by atoms with Crippen molar-refractivity contribution in [2.45, 2.75) is 18.7 Å². The van der Waals surface area contributed by atoms with Crippen LogP contribution >= 0.6 is 22.7 Å². The fraction of sp³-hybridized carbons (Fsp3) is 0.118. The van der Waals surface area contributed by atoms with Gasteiger partial charge in [-0.2, -0.15) is 0 Å². The standard InChI is InChI=1S/C34H29N5O3S3/c1-3-39(4-2)28-14-12-24(13-15-28)31-21-43-33(36-31)26-10-8-23(9-11-26)30-22-44-34(37-30)27-6-5-7-29(20-27)45(41,42)38-32(40)25-16-18-35-19-17-25/h5-22H,3-4H2,1-2H3,(H,38,40). The first-order chi connectivity index (χ1) is 21.8. The summed E-state index contributed by atoms with van der Waals surface area (Å²) >= 11 is 3.03. The molecule has 0 aliphatic heterocycles. The number of rotatable bonds is 10. The first-order valence-corrected chi connectivity index (χ1v) is 17.5. The van der Waals surface area contributed by atoms with Crippen LogP contribution in [0.15, 0.2) is 113 Å². The van der Waals surface area contributed by atoms with E-state index in [0.29, 0.717) is 10.6 Å². The van der Waals surface area contributed by atoms with E-state index < -0.39 is 15.9 Å². The highest BCUT2D eigenvalue weighted by atomic mass is 32.2. The number of sulfonamides is 1. The second kappa shape index (κ2) is 13.1. The van der Waals surface area contributed by atoms with Gasteiger partial charge in [0.25, 0.3) is 15.9 Å². The third-order valence-electron chi connectivity index (χ3n) is 7.29. The summed E-state index contributed by atoms with van der Waals surface area (Å²) in [6.07, 6.45) is 2.86. The molecular weight excluding hydrogens is 623 g/mol. The first-order valence-electron chi connectivity index (χ1n) is 14.3. The molecule has 1 amide bonds. The quantitative estimate of drug-likeness (QED) is 0.162. The Morgan fingerprint density at radius 1 is 0.733 bits per heavy atom. The molecule has 0 atom stereocenters. The van der Waals surface area contributed by atoms with Gasteiger partial charge in [0.1, 0.15) is 10.0 Å². The normalized spacial score (nSPS) is 11.3. The Kier molecular flexibility index (Phi) is 8.83. The van der Waals surface area contributed by atoms with Gasteiger partial charge in [-0.15, -0.1) is 22.7 Å².